The Hall–Kier alpha value is -2.25. The minimum Gasteiger partial charge on any atom is -0.395 e. The number of hydrogen-bond acceptors (Lipinski definition) is 5. The molecule has 7 nitrogen and oxygen atoms in total. The molecule has 1 aromatic heterocycles. The highest BCUT2D eigenvalue weighted by Gasteiger charge is 2.27. The molecule has 1 amide bonds. The third kappa shape index (κ3) is 4.93. The first-order valence-electron chi connectivity index (χ1n) is 9.57. The molecule has 3 rings (SSSR count). The summed E-state index contributed by atoms with van der Waals surface area (Å²) in [4.78, 5) is 16.5. The Balaban J connectivity index is 1.54. The molecule has 1 N–H and O–H groups in total. The standard InChI is InChI=1S/C20H29N5O2/c1-23(12-13-26)15-18-21-22-20(24(18)2)17-8-10-25(11-9-17)19(27)14-16-6-4-3-5-7-16/h3-7,17,26H,8-15H2,1-2H3. The van der Waals surface area contributed by atoms with E-state index in [0.717, 1.165) is 43.1 Å². The summed E-state index contributed by atoms with van der Waals surface area (Å²) >= 11 is 0. The Kier molecular flexibility index (Phi) is 6.58. The SMILES string of the molecule is CN(CCO)Cc1nnc(C2CCN(C(=O)Cc3ccccc3)CC2)n1C. The van der Waals surface area contributed by atoms with Gasteiger partial charge in [0.2, 0.25) is 5.91 Å². The lowest BCUT2D eigenvalue weighted by atomic mass is 9.95. The Morgan fingerprint density at radius 2 is 1.93 bits per heavy atom. The Morgan fingerprint density at radius 3 is 2.59 bits per heavy atom. The van der Waals surface area contributed by atoms with E-state index in [2.05, 4.69) is 14.8 Å². The molecule has 1 fully saturated rings. The molecule has 0 atom stereocenters. The predicted molar refractivity (Wildman–Crippen MR) is 103 cm³/mol. The highest BCUT2D eigenvalue weighted by molar-refractivity contribution is 5.78. The number of hydrogen-bond donors (Lipinski definition) is 1. The number of likely N-dealkylation sites (tertiary alicyclic amines) is 1. The molecule has 7 heteroatoms. The van der Waals surface area contributed by atoms with Crippen LogP contribution in [-0.2, 0) is 24.8 Å². The van der Waals surface area contributed by atoms with E-state index in [0.29, 0.717) is 25.4 Å². The van der Waals surface area contributed by atoms with Gasteiger partial charge in [0.25, 0.3) is 0 Å². The molecular weight excluding hydrogens is 342 g/mol. The van der Waals surface area contributed by atoms with E-state index in [4.69, 9.17) is 5.11 Å². The van der Waals surface area contributed by atoms with Gasteiger partial charge in [0, 0.05) is 32.6 Å². The number of carbonyl (C=O) groups excluding carboxylic acids is 1. The van der Waals surface area contributed by atoms with Crippen LogP contribution >= 0.6 is 0 Å². The maximum absolute atomic E-state index is 12.5. The van der Waals surface area contributed by atoms with Gasteiger partial charge in [-0.1, -0.05) is 30.3 Å². The molecule has 1 aromatic carbocycles. The number of aromatic nitrogens is 3. The average molecular weight is 371 g/mol. The predicted octanol–water partition coefficient (Wildman–Crippen LogP) is 1.19. The van der Waals surface area contributed by atoms with Crippen LogP contribution in [0.1, 0.15) is 36.0 Å². The van der Waals surface area contributed by atoms with Crippen LogP contribution in [0, 0.1) is 0 Å². The summed E-state index contributed by atoms with van der Waals surface area (Å²) < 4.78 is 2.07. The topological polar surface area (TPSA) is 74.5 Å². The Bertz CT molecular complexity index is 738. The quantitative estimate of drug-likeness (QED) is 0.791. The zero-order valence-corrected chi connectivity index (χ0v) is 16.2. The van der Waals surface area contributed by atoms with Crippen LogP contribution in [0.3, 0.4) is 0 Å². The number of piperidine rings is 1. The van der Waals surface area contributed by atoms with Crippen molar-refractivity contribution in [3.8, 4) is 0 Å². The Labute approximate surface area is 160 Å². The monoisotopic (exact) mass is 371 g/mol. The number of aliphatic hydroxyl groups excluding tert-OH is 1. The lowest BCUT2D eigenvalue weighted by molar-refractivity contribution is -0.131. The van der Waals surface area contributed by atoms with Crippen LogP contribution in [0.15, 0.2) is 30.3 Å². The molecule has 0 aliphatic carbocycles. The summed E-state index contributed by atoms with van der Waals surface area (Å²) in [6.07, 6.45) is 2.30. The molecule has 0 unspecified atom stereocenters. The minimum atomic E-state index is 0.136. The molecule has 27 heavy (non-hydrogen) atoms. The third-order valence-corrected chi connectivity index (χ3v) is 5.30. The first-order valence-corrected chi connectivity index (χ1v) is 9.57. The van der Waals surface area contributed by atoms with Gasteiger partial charge in [0.15, 0.2) is 0 Å². The normalized spacial score (nSPS) is 15.5. The van der Waals surface area contributed by atoms with E-state index in [1.54, 1.807) is 0 Å². The van der Waals surface area contributed by atoms with Gasteiger partial charge >= 0.3 is 0 Å². The molecular formula is C20H29N5O2. The molecule has 0 spiro atoms. The fourth-order valence-corrected chi connectivity index (χ4v) is 3.63. The fraction of sp³-hybridized carbons (Fsp3) is 0.550. The summed E-state index contributed by atoms with van der Waals surface area (Å²) in [5.74, 6) is 2.44. The Morgan fingerprint density at radius 1 is 1.22 bits per heavy atom. The lowest BCUT2D eigenvalue weighted by Crippen LogP contribution is -2.39. The number of rotatable bonds is 7. The van der Waals surface area contributed by atoms with Gasteiger partial charge in [-0.2, -0.15) is 0 Å². The summed E-state index contributed by atoms with van der Waals surface area (Å²) in [6, 6.07) is 9.91. The summed E-state index contributed by atoms with van der Waals surface area (Å²) in [5.41, 5.74) is 1.06. The molecule has 146 valence electrons. The number of likely N-dealkylation sites (N-methyl/N-ethyl adjacent to an activating group) is 1. The van der Waals surface area contributed by atoms with Crippen molar-refractivity contribution < 1.29 is 9.90 Å². The smallest absolute Gasteiger partial charge is 0.226 e. The average Bonchev–Trinajstić information content (AvgIpc) is 3.03. The van der Waals surface area contributed by atoms with Gasteiger partial charge in [-0.25, -0.2) is 0 Å². The van der Waals surface area contributed by atoms with Crippen molar-refractivity contribution >= 4 is 5.91 Å². The number of carbonyl (C=O) groups is 1. The van der Waals surface area contributed by atoms with Crippen LogP contribution in [0.2, 0.25) is 0 Å². The second-order valence-electron chi connectivity index (χ2n) is 7.31. The maximum Gasteiger partial charge on any atom is 0.226 e. The molecule has 1 aliphatic heterocycles. The summed E-state index contributed by atoms with van der Waals surface area (Å²) in [5, 5.41) is 17.8. The minimum absolute atomic E-state index is 0.136. The molecule has 2 aromatic rings. The molecule has 0 radical (unpaired) electrons. The number of nitrogens with zero attached hydrogens (tertiary/aromatic N) is 5. The van der Waals surface area contributed by atoms with Crippen molar-refractivity contribution in [3.63, 3.8) is 0 Å². The van der Waals surface area contributed by atoms with E-state index in [1.165, 1.54) is 0 Å². The van der Waals surface area contributed by atoms with Crippen molar-refractivity contribution in [3.05, 3.63) is 47.5 Å². The summed E-state index contributed by atoms with van der Waals surface area (Å²) in [7, 11) is 3.96. The largest absolute Gasteiger partial charge is 0.395 e. The van der Waals surface area contributed by atoms with E-state index in [-0.39, 0.29) is 12.5 Å². The van der Waals surface area contributed by atoms with Gasteiger partial charge < -0.3 is 14.6 Å². The van der Waals surface area contributed by atoms with Gasteiger partial charge in [-0.05, 0) is 25.5 Å². The van der Waals surface area contributed by atoms with E-state index in [1.807, 2.05) is 54.2 Å². The molecule has 0 bridgehead atoms. The number of benzene rings is 1. The number of aliphatic hydroxyl groups is 1. The van der Waals surface area contributed by atoms with E-state index < -0.39 is 0 Å². The molecule has 1 aliphatic rings. The number of amides is 1. The highest BCUT2D eigenvalue weighted by atomic mass is 16.3. The zero-order chi connectivity index (χ0) is 19.2. The lowest BCUT2D eigenvalue weighted by Gasteiger charge is -2.31. The van der Waals surface area contributed by atoms with Crippen molar-refractivity contribution in [2.75, 3.05) is 33.3 Å². The summed E-state index contributed by atoms with van der Waals surface area (Å²) in [6.45, 7) is 2.95. The highest BCUT2D eigenvalue weighted by Crippen LogP contribution is 2.27. The second-order valence-corrected chi connectivity index (χ2v) is 7.31. The van der Waals surface area contributed by atoms with Gasteiger partial charge in [0.05, 0.1) is 19.6 Å². The van der Waals surface area contributed by atoms with Crippen LogP contribution in [-0.4, -0.2) is 68.9 Å². The first kappa shape index (κ1) is 19.5. The van der Waals surface area contributed by atoms with Gasteiger partial charge in [-0.15, -0.1) is 10.2 Å². The van der Waals surface area contributed by atoms with E-state index >= 15 is 0 Å². The maximum atomic E-state index is 12.5. The van der Waals surface area contributed by atoms with Crippen molar-refractivity contribution in [1.82, 2.24) is 24.6 Å². The van der Waals surface area contributed by atoms with Crippen LogP contribution in [0.5, 0.6) is 0 Å². The van der Waals surface area contributed by atoms with Gasteiger partial charge in [0.1, 0.15) is 11.6 Å². The van der Waals surface area contributed by atoms with Crippen LogP contribution in [0.4, 0.5) is 0 Å². The van der Waals surface area contributed by atoms with Crippen molar-refractivity contribution in [2.45, 2.75) is 31.7 Å². The van der Waals surface area contributed by atoms with Crippen molar-refractivity contribution in [1.29, 1.82) is 0 Å². The fourth-order valence-electron chi connectivity index (χ4n) is 3.63. The molecule has 1 saturated heterocycles. The first-order chi connectivity index (χ1) is 13.1. The third-order valence-electron chi connectivity index (χ3n) is 5.30. The van der Waals surface area contributed by atoms with Crippen LogP contribution < -0.4 is 0 Å². The molecule has 2 heterocycles. The van der Waals surface area contributed by atoms with Crippen molar-refractivity contribution in [2.24, 2.45) is 7.05 Å². The second kappa shape index (κ2) is 9.10. The van der Waals surface area contributed by atoms with Gasteiger partial charge in [-0.3, -0.25) is 9.69 Å². The zero-order valence-electron chi connectivity index (χ0n) is 16.2. The van der Waals surface area contributed by atoms with E-state index in [9.17, 15) is 4.79 Å². The van der Waals surface area contributed by atoms with Crippen LogP contribution in [0.25, 0.3) is 0 Å². The molecule has 0 saturated carbocycles.